The molecule has 0 fully saturated rings. The lowest BCUT2D eigenvalue weighted by Gasteiger charge is -2.20. The van der Waals surface area contributed by atoms with Crippen molar-refractivity contribution in [1.82, 2.24) is 5.32 Å². The summed E-state index contributed by atoms with van der Waals surface area (Å²) < 4.78 is 0. The first-order valence-corrected chi connectivity index (χ1v) is 7.38. The molecule has 0 aliphatic carbocycles. The molecular weight excluding hydrogens is 238 g/mol. The lowest BCUT2D eigenvalue weighted by atomic mass is 10.0. The van der Waals surface area contributed by atoms with Crippen molar-refractivity contribution in [3.05, 3.63) is 57.8 Å². The second-order valence-electron chi connectivity index (χ2n) is 4.99. The minimum Gasteiger partial charge on any atom is -0.307 e. The Hall–Kier alpha value is -1.12. The Morgan fingerprint density at radius 2 is 2.00 bits per heavy atom. The molecule has 96 valence electrons. The number of hydrogen-bond acceptors (Lipinski definition) is 2. The molecule has 0 aliphatic rings. The Labute approximate surface area is 114 Å². The van der Waals surface area contributed by atoms with Crippen molar-refractivity contribution >= 4 is 11.3 Å². The third-order valence-corrected chi connectivity index (χ3v) is 4.06. The van der Waals surface area contributed by atoms with E-state index in [4.69, 9.17) is 0 Å². The van der Waals surface area contributed by atoms with Gasteiger partial charge in [-0.3, -0.25) is 0 Å². The summed E-state index contributed by atoms with van der Waals surface area (Å²) in [5.41, 5.74) is 2.69. The van der Waals surface area contributed by atoms with Gasteiger partial charge < -0.3 is 5.32 Å². The fourth-order valence-electron chi connectivity index (χ4n) is 2.25. The van der Waals surface area contributed by atoms with Crippen LogP contribution in [0.2, 0.25) is 0 Å². The van der Waals surface area contributed by atoms with E-state index in [9.17, 15) is 0 Å². The van der Waals surface area contributed by atoms with Gasteiger partial charge in [0.1, 0.15) is 0 Å². The van der Waals surface area contributed by atoms with Crippen LogP contribution < -0.4 is 5.32 Å². The fraction of sp³-hybridized carbons (Fsp3) is 0.375. The van der Waals surface area contributed by atoms with E-state index in [0.29, 0.717) is 12.1 Å². The van der Waals surface area contributed by atoms with Gasteiger partial charge in [0.15, 0.2) is 0 Å². The highest BCUT2D eigenvalue weighted by Gasteiger charge is 2.10. The summed E-state index contributed by atoms with van der Waals surface area (Å²) in [5, 5.41) is 5.81. The van der Waals surface area contributed by atoms with Crippen LogP contribution >= 0.6 is 11.3 Å². The highest BCUT2D eigenvalue weighted by Crippen LogP contribution is 2.16. The molecule has 0 aliphatic heterocycles. The molecule has 1 aromatic heterocycles. The summed E-state index contributed by atoms with van der Waals surface area (Å²) in [4.78, 5) is 1.45. The highest BCUT2D eigenvalue weighted by atomic mass is 32.1. The molecule has 0 amide bonds. The number of aryl methyl sites for hydroxylation is 1. The Bertz CT molecular complexity index is 476. The zero-order valence-electron chi connectivity index (χ0n) is 11.3. The average Bonchev–Trinajstić information content (AvgIpc) is 2.81. The zero-order chi connectivity index (χ0) is 13.0. The first-order chi connectivity index (χ1) is 8.65. The summed E-state index contributed by atoms with van der Waals surface area (Å²) in [6.07, 6.45) is 1.10. The number of thiophene rings is 1. The van der Waals surface area contributed by atoms with Crippen molar-refractivity contribution in [1.29, 1.82) is 0 Å². The molecule has 2 heteroatoms. The fourth-order valence-corrected chi connectivity index (χ4v) is 3.09. The van der Waals surface area contributed by atoms with Crippen LogP contribution in [-0.4, -0.2) is 6.04 Å². The topological polar surface area (TPSA) is 12.0 Å². The van der Waals surface area contributed by atoms with E-state index in [1.807, 2.05) is 11.3 Å². The molecule has 0 saturated carbocycles. The van der Waals surface area contributed by atoms with Gasteiger partial charge in [-0.2, -0.15) is 0 Å². The largest absolute Gasteiger partial charge is 0.307 e. The van der Waals surface area contributed by atoms with Crippen LogP contribution in [0.1, 0.15) is 35.9 Å². The minimum absolute atomic E-state index is 0.403. The van der Waals surface area contributed by atoms with Crippen molar-refractivity contribution < 1.29 is 0 Å². The summed E-state index contributed by atoms with van der Waals surface area (Å²) in [5.74, 6) is 0. The molecule has 18 heavy (non-hydrogen) atoms. The molecule has 2 unspecified atom stereocenters. The van der Waals surface area contributed by atoms with E-state index in [-0.39, 0.29) is 0 Å². The quantitative estimate of drug-likeness (QED) is 0.842. The molecular formula is C16H21NS. The normalized spacial score (nSPS) is 14.4. The lowest BCUT2D eigenvalue weighted by molar-refractivity contribution is 0.479. The Kier molecular flexibility index (Phi) is 4.56. The lowest BCUT2D eigenvalue weighted by Crippen LogP contribution is -2.30. The van der Waals surface area contributed by atoms with Gasteiger partial charge in [0.25, 0.3) is 0 Å². The Balaban J connectivity index is 1.92. The standard InChI is InChI=1S/C16H21NS/c1-12-6-4-7-15(10-12)14(3)17-13(2)11-16-8-5-9-18-16/h4-10,13-14,17H,11H2,1-3H3. The SMILES string of the molecule is Cc1cccc(C(C)NC(C)Cc2cccs2)c1. The summed E-state index contributed by atoms with van der Waals surface area (Å²) in [7, 11) is 0. The van der Waals surface area contributed by atoms with Crippen molar-refractivity contribution in [2.24, 2.45) is 0 Å². The number of hydrogen-bond donors (Lipinski definition) is 1. The molecule has 0 spiro atoms. The van der Waals surface area contributed by atoms with Gasteiger partial charge in [0, 0.05) is 17.0 Å². The monoisotopic (exact) mass is 259 g/mol. The van der Waals surface area contributed by atoms with E-state index >= 15 is 0 Å². The van der Waals surface area contributed by atoms with E-state index < -0.39 is 0 Å². The third kappa shape index (κ3) is 3.69. The van der Waals surface area contributed by atoms with Gasteiger partial charge in [-0.15, -0.1) is 11.3 Å². The van der Waals surface area contributed by atoms with Gasteiger partial charge in [-0.05, 0) is 44.2 Å². The van der Waals surface area contributed by atoms with E-state index in [1.54, 1.807) is 0 Å². The smallest absolute Gasteiger partial charge is 0.0294 e. The van der Waals surface area contributed by atoms with Crippen molar-refractivity contribution in [3.8, 4) is 0 Å². The van der Waals surface area contributed by atoms with Crippen LogP contribution in [0.5, 0.6) is 0 Å². The first-order valence-electron chi connectivity index (χ1n) is 6.50. The molecule has 0 saturated heterocycles. The van der Waals surface area contributed by atoms with Crippen LogP contribution in [-0.2, 0) is 6.42 Å². The van der Waals surface area contributed by atoms with Crippen molar-refractivity contribution in [2.45, 2.75) is 39.3 Å². The van der Waals surface area contributed by atoms with Crippen molar-refractivity contribution in [3.63, 3.8) is 0 Å². The number of nitrogens with one attached hydrogen (secondary N) is 1. The maximum absolute atomic E-state index is 3.67. The molecule has 0 bridgehead atoms. The van der Waals surface area contributed by atoms with Gasteiger partial charge in [-0.25, -0.2) is 0 Å². The average molecular weight is 259 g/mol. The molecule has 1 N–H and O–H groups in total. The molecule has 1 aromatic carbocycles. The molecule has 1 nitrogen and oxygen atoms in total. The highest BCUT2D eigenvalue weighted by molar-refractivity contribution is 7.09. The molecule has 2 aromatic rings. The maximum atomic E-state index is 3.67. The Morgan fingerprint density at radius 3 is 2.67 bits per heavy atom. The van der Waals surface area contributed by atoms with Gasteiger partial charge in [0.05, 0.1) is 0 Å². The third-order valence-electron chi connectivity index (χ3n) is 3.16. The van der Waals surface area contributed by atoms with Gasteiger partial charge in [0.2, 0.25) is 0 Å². The number of rotatable bonds is 5. The van der Waals surface area contributed by atoms with Crippen LogP contribution in [0.4, 0.5) is 0 Å². The van der Waals surface area contributed by atoms with Crippen molar-refractivity contribution in [2.75, 3.05) is 0 Å². The minimum atomic E-state index is 0.403. The summed E-state index contributed by atoms with van der Waals surface area (Å²) in [6.45, 7) is 6.64. The summed E-state index contributed by atoms with van der Waals surface area (Å²) >= 11 is 1.84. The molecule has 2 rings (SSSR count). The van der Waals surface area contributed by atoms with E-state index in [0.717, 1.165) is 6.42 Å². The molecule has 2 atom stereocenters. The maximum Gasteiger partial charge on any atom is 0.0294 e. The van der Waals surface area contributed by atoms with Gasteiger partial charge in [-0.1, -0.05) is 35.9 Å². The molecule has 0 radical (unpaired) electrons. The van der Waals surface area contributed by atoms with Crippen LogP contribution in [0.3, 0.4) is 0 Å². The Morgan fingerprint density at radius 1 is 1.17 bits per heavy atom. The number of benzene rings is 1. The predicted molar refractivity (Wildman–Crippen MR) is 80.2 cm³/mol. The zero-order valence-corrected chi connectivity index (χ0v) is 12.1. The van der Waals surface area contributed by atoms with Crippen LogP contribution in [0.25, 0.3) is 0 Å². The summed E-state index contributed by atoms with van der Waals surface area (Å²) in [6, 6.07) is 14.0. The van der Waals surface area contributed by atoms with E-state index in [2.05, 4.69) is 67.9 Å². The van der Waals surface area contributed by atoms with Gasteiger partial charge >= 0.3 is 0 Å². The van der Waals surface area contributed by atoms with E-state index in [1.165, 1.54) is 16.0 Å². The van der Waals surface area contributed by atoms with Crippen LogP contribution in [0, 0.1) is 6.92 Å². The van der Waals surface area contributed by atoms with Crippen LogP contribution in [0.15, 0.2) is 41.8 Å². The predicted octanol–water partition coefficient (Wildman–Crippen LogP) is 4.34. The second kappa shape index (κ2) is 6.17. The molecule has 1 heterocycles. The second-order valence-corrected chi connectivity index (χ2v) is 6.02. The first kappa shape index (κ1) is 13.3.